The average molecular weight is 285 g/mol. The maximum absolute atomic E-state index is 13.7. The molecular weight excluding hydrogens is 264 g/mol. The number of halogens is 2. The van der Waals surface area contributed by atoms with Crippen molar-refractivity contribution in [3.05, 3.63) is 35.4 Å². The minimum absolute atomic E-state index is 0.273. The Kier molecular flexibility index (Phi) is 5.64. The lowest BCUT2D eigenvalue weighted by molar-refractivity contribution is 0.462. The fourth-order valence-corrected chi connectivity index (χ4v) is 4.04. The normalized spacial score (nSPS) is 21.3. The van der Waals surface area contributed by atoms with E-state index in [0.29, 0.717) is 17.2 Å². The molecule has 2 atom stereocenters. The smallest absolute Gasteiger partial charge is 0.129 e. The molecule has 0 radical (unpaired) electrons. The number of benzene rings is 1. The molecule has 2 rings (SSSR count). The zero-order valence-electron chi connectivity index (χ0n) is 11.3. The summed E-state index contributed by atoms with van der Waals surface area (Å²) in [5.41, 5.74) is 0.610. The molecular formula is C15H21F2NS. The van der Waals surface area contributed by atoms with Crippen LogP contribution in [0.2, 0.25) is 0 Å². The summed E-state index contributed by atoms with van der Waals surface area (Å²) >= 11 is 1.98. The fraction of sp³-hybridized carbons (Fsp3) is 0.600. The number of rotatable bonds is 5. The van der Waals surface area contributed by atoms with Gasteiger partial charge in [0.1, 0.15) is 11.6 Å². The number of likely N-dealkylation sites (N-methyl/N-ethyl adjacent to an activating group) is 1. The van der Waals surface area contributed by atoms with Crippen LogP contribution in [0.15, 0.2) is 18.2 Å². The van der Waals surface area contributed by atoms with Crippen molar-refractivity contribution in [2.24, 2.45) is 0 Å². The van der Waals surface area contributed by atoms with Crippen molar-refractivity contribution in [3.8, 4) is 0 Å². The molecule has 2 unspecified atom stereocenters. The van der Waals surface area contributed by atoms with Crippen molar-refractivity contribution in [1.29, 1.82) is 0 Å². The summed E-state index contributed by atoms with van der Waals surface area (Å²) in [6.07, 6.45) is 4.36. The molecule has 1 aliphatic rings. The number of hydrogen-bond donors (Lipinski definition) is 1. The van der Waals surface area contributed by atoms with Gasteiger partial charge in [-0.05, 0) is 43.2 Å². The molecule has 1 fully saturated rings. The highest BCUT2D eigenvalue weighted by molar-refractivity contribution is 8.00. The van der Waals surface area contributed by atoms with E-state index in [1.165, 1.54) is 31.1 Å². The van der Waals surface area contributed by atoms with Crippen LogP contribution in [0.25, 0.3) is 0 Å². The molecule has 1 aromatic rings. The molecule has 1 aromatic carbocycles. The average Bonchev–Trinajstić information content (AvgIpc) is 2.42. The van der Waals surface area contributed by atoms with E-state index in [0.717, 1.165) is 12.6 Å². The van der Waals surface area contributed by atoms with Gasteiger partial charge in [0.25, 0.3) is 0 Å². The van der Waals surface area contributed by atoms with Gasteiger partial charge in [-0.2, -0.15) is 11.8 Å². The van der Waals surface area contributed by atoms with E-state index in [1.807, 2.05) is 11.8 Å². The summed E-state index contributed by atoms with van der Waals surface area (Å²) in [5, 5.41) is 4.00. The first-order valence-corrected chi connectivity index (χ1v) is 8.04. The van der Waals surface area contributed by atoms with E-state index in [-0.39, 0.29) is 6.04 Å². The quantitative estimate of drug-likeness (QED) is 0.884. The van der Waals surface area contributed by atoms with Crippen LogP contribution in [0.4, 0.5) is 8.78 Å². The largest absolute Gasteiger partial charge is 0.313 e. The second kappa shape index (κ2) is 7.25. The topological polar surface area (TPSA) is 12.0 Å². The Morgan fingerprint density at radius 2 is 2.21 bits per heavy atom. The molecule has 1 heterocycles. The molecule has 106 valence electrons. The third-order valence-corrected chi connectivity index (χ3v) is 5.10. The summed E-state index contributed by atoms with van der Waals surface area (Å²) in [6, 6.07) is 4.17. The van der Waals surface area contributed by atoms with Gasteiger partial charge in [-0.1, -0.05) is 19.4 Å². The summed E-state index contributed by atoms with van der Waals surface area (Å²) in [4.78, 5) is 0. The molecule has 4 heteroatoms. The standard InChI is InChI=1S/C15H21F2NS/c1-2-18-14(15-5-3-4-8-19-15)9-11-6-7-12(16)10-13(11)17/h6-7,10,14-15,18H,2-5,8-9H2,1H3. The Bertz CT molecular complexity index is 405. The van der Waals surface area contributed by atoms with Crippen molar-refractivity contribution >= 4 is 11.8 Å². The highest BCUT2D eigenvalue weighted by Gasteiger charge is 2.24. The van der Waals surface area contributed by atoms with Crippen molar-refractivity contribution in [2.45, 2.75) is 43.9 Å². The van der Waals surface area contributed by atoms with Gasteiger partial charge in [-0.15, -0.1) is 0 Å². The summed E-state index contributed by atoms with van der Waals surface area (Å²) < 4.78 is 26.7. The zero-order valence-corrected chi connectivity index (χ0v) is 12.1. The molecule has 19 heavy (non-hydrogen) atoms. The number of nitrogens with one attached hydrogen (secondary N) is 1. The lowest BCUT2D eigenvalue weighted by Crippen LogP contribution is -2.41. The molecule has 1 saturated heterocycles. The van der Waals surface area contributed by atoms with E-state index < -0.39 is 11.6 Å². The van der Waals surface area contributed by atoms with E-state index in [9.17, 15) is 8.78 Å². The van der Waals surface area contributed by atoms with Crippen molar-refractivity contribution < 1.29 is 8.78 Å². The van der Waals surface area contributed by atoms with Gasteiger partial charge in [-0.3, -0.25) is 0 Å². The Balaban J connectivity index is 2.06. The molecule has 0 saturated carbocycles. The third kappa shape index (κ3) is 4.18. The predicted molar refractivity (Wildman–Crippen MR) is 77.6 cm³/mol. The molecule has 0 aromatic heterocycles. The minimum Gasteiger partial charge on any atom is -0.313 e. The Morgan fingerprint density at radius 1 is 1.37 bits per heavy atom. The van der Waals surface area contributed by atoms with Crippen molar-refractivity contribution in [1.82, 2.24) is 5.32 Å². The van der Waals surface area contributed by atoms with Gasteiger partial charge in [0, 0.05) is 17.4 Å². The van der Waals surface area contributed by atoms with Crippen LogP contribution < -0.4 is 5.32 Å². The van der Waals surface area contributed by atoms with Gasteiger partial charge in [0.2, 0.25) is 0 Å². The zero-order chi connectivity index (χ0) is 13.7. The molecule has 1 aliphatic heterocycles. The maximum Gasteiger partial charge on any atom is 0.129 e. The molecule has 0 amide bonds. The third-order valence-electron chi connectivity index (χ3n) is 3.58. The summed E-state index contributed by atoms with van der Waals surface area (Å²) in [7, 11) is 0. The SMILES string of the molecule is CCNC(Cc1ccc(F)cc1F)C1CCCCS1. The van der Waals surface area contributed by atoms with Crippen molar-refractivity contribution in [3.63, 3.8) is 0 Å². The lowest BCUT2D eigenvalue weighted by Gasteiger charge is -2.30. The van der Waals surface area contributed by atoms with Crippen LogP contribution >= 0.6 is 11.8 Å². The second-order valence-electron chi connectivity index (χ2n) is 5.01. The summed E-state index contributed by atoms with van der Waals surface area (Å²) in [6.45, 7) is 2.95. The molecule has 0 aliphatic carbocycles. The first kappa shape index (κ1) is 14.8. The number of thioether (sulfide) groups is 1. The van der Waals surface area contributed by atoms with Crippen LogP contribution in [0.5, 0.6) is 0 Å². The first-order chi connectivity index (χ1) is 9.20. The maximum atomic E-state index is 13.7. The highest BCUT2D eigenvalue weighted by atomic mass is 32.2. The van der Waals surface area contributed by atoms with Crippen LogP contribution in [-0.2, 0) is 6.42 Å². The Labute approximate surface area is 118 Å². The Hall–Kier alpha value is -0.610. The Morgan fingerprint density at radius 3 is 2.84 bits per heavy atom. The van der Waals surface area contributed by atoms with Gasteiger partial charge in [0.15, 0.2) is 0 Å². The summed E-state index contributed by atoms with van der Waals surface area (Å²) in [5.74, 6) is 0.260. The second-order valence-corrected chi connectivity index (χ2v) is 6.36. The first-order valence-electron chi connectivity index (χ1n) is 6.99. The van der Waals surface area contributed by atoms with E-state index >= 15 is 0 Å². The van der Waals surface area contributed by atoms with Gasteiger partial charge in [0.05, 0.1) is 0 Å². The van der Waals surface area contributed by atoms with Crippen LogP contribution in [-0.4, -0.2) is 23.6 Å². The van der Waals surface area contributed by atoms with Gasteiger partial charge >= 0.3 is 0 Å². The molecule has 1 N–H and O–H groups in total. The minimum atomic E-state index is -0.506. The predicted octanol–water partition coefficient (Wildman–Crippen LogP) is 3.77. The van der Waals surface area contributed by atoms with Crippen LogP contribution in [0.3, 0.4) is 0 Å². The molecule has 0 spiro atoms. The lowest BCUT2D eigenvalue weighted by atomic mass is 9.99. The molecule has 1 nitrogen and oxygen atoms in total. The van der Waals surface area contributed by atoms with E-state index in [2.05, 4.69) is 12.2 Å². The monoisotopic (exact) mass is 285 g/mol. The van der Waals surface area contributed by atoms with E-state index in [4.69, 9.17) is 0 Å². The fourth-order valence-electron chi connectivity index (χ4n) is 2.60. The van der Waals surface area contributed by atoms with E-state index in [1.54, 1.807) is 6.07 Å². The van der Waals surface area contributed by atoms with Crippen molar-refractivity contribution in [2.75, 3.05) is 12.3 Å². The van der Waals surface area contributed by atoms with Crippen LogP contribution in [0.1, 0.15) is 31.7 Å². The molecule has 0 bridgehead atoms. The van der Waals surface area contributed by atoms with Gasteiger partial charge in [-0.25, -0.2) is 8.78 Å². The van der Waals surface area contributed by atoms with Gasteiger partial charge < -0.3 is 5.32 Å². The highest BCUT2D eigenvalue weighted by Crippen LogP contribution is 2.29. The number of hydrogen-bond acceptors (Lipinski definition) is 2. The van der Waals surface area contributed by atoms with Crippen LogP contribution in [0, 0.1) is 11.6 Å².